The topological polar surface area (TPSA) is 23.5 Å². The maximum absolute atomic E-state index is 12.7. The molecule has 112 valence electrons. The number of hydrogen-bond donors (Lipinski definition) is 1. The Bertz CT molecular complexity index is 447. The van der Waals surface area contributed by atoms with Gasteiger partial charge in [-0.2, -0.15) is 13.2 Å². The number of aliphatic hydroxyl groups excluding tert-OH is 1. The van der Waals surface area contributed by atoms with Gasteiger partial charge in [0.15, 0.2) is 0 Å². The van der Waals surface area contributed by atoms with Crippen molar-refractivity contribution in [2.75, 3.05) is 13.1 Å². The summed E-state index contributed by atoms with van der Waals surface area (Å²) in [5, 5.41) is 10.4. The average molecular weight is 287 g/mol. The fraction of sp³-hybridized carbons (Fsp3) is 0.600. The lowest BCUT2D eigenvalue weighted by Crippen LogP contribution is -2.46. The molecular weight excluding hydrogens is 267 g/mol. The first-order valence-corrected chi connectivity index (χ1v) is 6.99. The summed E-state index contributed by atoms with van der Waals surface area (Å²) in [6.45, 7) is 1.25. The smallest absolute Gasteiger partial charge is 0.387 e. The molecule has 2 unspecified atom stereocenters. The minimum absolute atomic E-state index is 0.351. The maximum Gasteiger partial charge on any atom is 0.401 e. The van der Waals surface area contributed by atoms with Gasteiger partial charge in [-0.1, -0.05) is 31.2 Å². The molecule has 0 saturated heterocycles. The first kappa shape index (κ1) is 15.3. The molecular formula is C15H20F3NO. The Morgan fingerprint density at radius 3 is 2.65 bits per heavy atom. The standard InChI is InChI=1S/C15H20F3NO/c1-2-9-19(10-15(16,17)18)13-8-7-11-5-3-4-6-12(11)14(13)20/h3-6,13-14,20H,2,7-10H2,1H3. The van der Waals surface area contributed by atoms with E-state index in [9.17, 15) is 18.3 Å². The van der Waals surface area contributed by atoms with E-state index in [1.54, 1.807) is 0 Å². The van der Waals surface area contributed by atoms with Gasteiger partial charge in [-0.3, -0.25) is 4.90 Å². The van der Waals surface area contributed by atoms with Crippen LogP contribution in [0.1, 0.15) is 37.0 Å². The molecule has 2 atom stereocenters. The quantitative estimate of drug-likeness (QED) is 0.918. The van der Waals surface area contributed by atoms with Gasteiger partial charge in [0.2, 0.25) is 0 Å². The minimum Gasteiger partial charge on any atom is -0.387 e. The Morgan fingerprint density at radius 1 is 1.30 bits per heavy atom. The van der Waals surface area contributed by atoms with Crippen LogP contribution in [0.5, 0.6) is 0 Å². The van der Waals surface area contributed by atoms with Gasteiger partial charge in [-0.05, 0) is 36.9 Å². The number of alkyl halides is 3. The van der Waals surface area contributed by atoms with Crippen molar-refractivity contribution in [3.8, 4) is 0 Å². The Kier molecular flexibility index (Phi) is 4.70. The molecule has 1 aliphatic carbocycles. The lowest BCUT2D eigenvalue weighted by atomic mass is 9.85. The Balaban J connectivity index is 2.18. The lowest BCUT2D eigenvalue weighted by Gasteiger charge is -2.38. The second kappa shape index (κ2) is 6.14. The zero-order valence-electron chi connectivity index (χ0n) is 11.5. The molecule has 0 aromatic heterocycles. The molecule has 0 aliphatic heterocycles. The molecule has 2 nitrogen and oxygen atoms in total. The third-order valence-corrected chi connectivity index (χ3v) is 3.81. The van der Waals surface area contributed by atoms with Crippen molar-refractivity contribution in [3.05, 3.63) is 35.4 Å². The van der Waals surface area contributed by atoms with Gasteiger partial charge >= 0.3 is 6.18 Å². The number of fused-ring (bicyclic) bond motifs is 1. The highest BCUT2D eigenvalue weighted by Crippen LogP contribution is 2.34. The maximum atomic E-state index is 12.7. The summed E-state index contributed by atoms with van der Waals surface area (Å²) in [6.07, 6.45) is -3.15. The van der Waals surface area contributed by atoms with E-state index in [1.165, 1.54) is 4.90 Å². The van der Waals surface area contributed by atoms with Crippen molar-refractivity contribution in [3.63, 3.8) is 0 Å². The number of aryl methyl sites for hydroxylation is 1. The summed E-state index contributed by atoms with van der Waals surface area (Å²) in [5.74, 6) is 0. The van der Waals surface area contributed by atoms with Crippen LogP contribution < -0.4 is 0 Å². The fourth-order valence-corrected chi connectivity index (χ4v) is 2.98. The van der Waals surface area contributed by atoms with Crippen molar-refractivity contribution in [1.29, 1.82) is 0 Å². The van der Waals surface area contributed by atoms with E-state index in [2.05, 4.69) is 0 Å². The second-order valence-corrected chi connectivity index (χ2v) is 5.34. The number of rotatable bonds is 4. The largest absolute Gasteiger partial charge is 0.401 e. The zero-order chi connectivity index (χ0) is 14.8. The fourth-order valence-electron chi connectivity index (χ4n) is 2.98. The van der Waals surface area contributed by atoms with E-state index in [0.29, 0.717) is 19.4 Å². The third kappa shape index (κ3) is 3.52. The SMILES string of the molecule is CCCN(CC(F)(F)F)C1CCc2ccccc2C1O. The van der Waals surface area contributed by atoms with E-state index < -0.39 is 24.9 Å². The number of hydrogen-bond acceptors (Lipinski definition) is 2. The van der Waals surface area contributed by atoms with Crippen LogP contribution in [-0.4, -0.2) is 35.3 Å². The highest BCUT2D eigenvalue weighted by Gasteiger charge is 2.38. The molecule has 0 saturated carbocycles. The first-order valence-electron chi connectivity index (χ1n) is 6.99. The summed E-state index contributed by atoms with van der Waals surface area (Å²) in [6, 6.07) is 7.00. The predicted molar refractivity (Wildman–Crippen MR) is 71.4 cm³/mol. The van der Waals surface area contributed by atoms with Crippen LogP contribution in [0.4, 0.5) is 13.2 Å². The summed E-state index contributed by atoms with van der Waals surface area (Å²) >= 11 is 0. The summed E-state index contributed by atoms with van der Waals surface area (Å²) in [5.41, 5.74) is 1.81. The van der Waals surface area contributed by atoms with Crippen LogP contribution in [0.15, 0.2) is 24.3 Å². The molecule has 20 heavy (non-hydrogen) atoms. The monoisotopic (exact) mass is 287 g/mol. The van der Waals surface area contributed by atoms with E-state index in [0.717, 1.165) is 17.5 Å². The molecule has 5 heteroatoms. The molecule has 0 amide bonds. The highest BCUT2D eigenvalue weighted by atomic mass is 19.4. The van der Waals surface area contributed by atoms with E-state index in [4.69, 9.17) is 0 Å². The number of benzene rings is 1. The molecule has 1 aliphatic rings. The van der Waals surface area contributed by atoms with Crippen molar-refractivity contribution >= 4 is 0 Å². The molecule has 0 radical (unpaired) electrons. The summed E-state index contributed by atoms with van der Waals surface area (Å²) in [4.78, 5) is 1.38. The van der Waals surface area contributed by atoms with Crippen molar-refractivity contribution in [1.82, 2.24) is 4.90 Å². The summed E-state index contributed by atoms with van der Waals surface area (Å²) < 4.78 is 38.1. The van der Waals surface area contributed by atoms with Gasteiger partial charge in [-0.15, -0.1) is 0 Å². The zero-order valence-corrected chi connectivity index (χ0v) is 11.5. The first-order chi connectivity index (χ1) is 9.42. The van der Waals surface area contributed by atoms with Gasteiger partial charge in [0, 0.05) is 6.04 Å². The minimum atomic E-state index is -4.23. The van der Waals surface area contributed by atoms with Gasteiger partial charge in [0.1, 0.15) is 0 Å². The van der Waals surface area contributed by atoms with Crippen LogP contribution in [-0.2, 0) is 6.42 Å². The normalized spacial score (nSPS) is 22.9. The molecule has 0 fully saturated rings. The Morgan fingerprint density at radius 2 is 2.00 bits per heavy atom. The van der Waals surface area contributed by atoms with Crippen LogP contribution in [0.3, 0.4) is 0 Å². The molecule has 0 heterocycles. The van der Waals surface area contributed by atoms with E-state index in [1.807, 2.05) is 31.2 Å². The molecule has 1 aromatic rings. The lowest BCUT2D eigenvalue weighted by molar-refractivity contribution is -0.157. The number of halogens is 3. The van der Waals surface area contributed by atoms with Crippen molar-refractivity contribution in [2.45, 2.75) is 44.5 Å². The molecule has 1 N–H and O–H groups in total. The van der Waals surface area contributed by atoms with Gasteiger partial charge in [0.05, 0.1) is 12.6 Å². The van der Waals surface area contributed by atoms with Crippen molar-refractivity contribution in [2.24, 2.45) is 0 Å². The van der Waals surface area contributed by atoms with Crippen LogP contribution in [0, 0.1) is 0 Å². The van der Waals surface area contributed by atoms with Gasteiger partial charge < -0.3 is 5.11 Å². The van der Waals surface area contributed by atoms with Crippen LogP contribution in [0.25, 0.3) is 0 Å². The number of aliphatic hydroxyl groups is 1. The molecule has 0 bridgehead atoms. The Labute approximate surface area is 117 Å². The predicted octanol–water partition coefficient (Wildman–Crippen LogP) is 3.31. The van der Waals surface area contributed by atoms with E-state index >= 15 is 0 Å². The number of nitrogens with zero attached hydrogens (tertiary/aromatic N) is 1. The third-order valence-electron chi connectivity index (χ3n) is 3.81. The van der Waals surface area contributed by atoms with Gasteiger partial charge in [-0.25, -0.2) is 0 Å². The summed E-state index contributed by atoms with van der Waals surface area (Å²) in [7, 11) is 0. The molecule has 0 spiro atoms. The average Bonchev–Trinajstić information content (AvgIpc) is 2.37. The second-order valence-electron chi connectivity index (χ2n) is 5.34. The highest BCUT2D eigenvalue weighted by molar-refractivity contribution is 5.32. The molecule has 2 rings (SSSR count). The van der Waals surface area contributed by atoms with Crippen molar-refractivity contribution < 1.29 is 18.3 Å². The van der Waals surface area contributed by atoms with Gasteiger partial charge in [0.25, 0.3) is 0 Å². The molecule has 1 aromatic carbocycles. The van der Waals surface area contributed by atoms with E-state index in [-0.39, 0.29) is 0 Å². The Hall–Kier alpha value is -1.07. The van der Waals surface area contributed by atoms with Crippen LogP contribution >= 0.6 is 0 Å². The van der Waals surface area contributed by atoms with Crippen LogP contribution in [0.2, 0.25) is 0 Å².